The van der Waals surface area contributed by atoms with Crippen LogP contribution in [0.2, 0.25) is 0 Å². The second-order valence-electron chi connectivity index (χ2n) is 6.99. The first-order valence-corrected chi connectivity index (χ1v) is 10.5. The fourth-order valence-electron chi connectivity index (χ4n) is 3.04. The Hall–Kier alpha value is -2.91. The van der Waals surface area contributed by atoms with E-state index in [0.29, 0.717) is 11.3 Å². The third kappa shape index (κ3) is 3.96. The Labute approximate surface area is 170 Å². The molecule has 29 heavy (non-hydrogen) atoms. The number of hydrogen-bond donors (Lipinski definition) is 1. The zero-order valence-electron chi connectivity index (χ0n) is 16.5. The SMILES string of the molecule is CN(C)S(=O)(=O)c1ccc(OCCN2C(=O)N[C@@](C)(c3ccccc3)C2=O)cc1. The Morgan fingerprint density at radius 1 is 1.03 bits per heavy atom. The van der Waals surface area contributed by atoms with Gasteiger partial charge in [-0.05, 0) is 36.8 Å². The predicted octanol–water partition coefficient (Wildman–Crippen LogP) is 1.78. The van der Waals surface area contributed by atoms with Crippen LogP contribution in [-0.2, 0) is 20.4 Å². The second-order valence-corrected chi connectivity index (χ2v) is 9.14. The third-order valence-corrected chi connectivity index (χ3v) is 6.64. The molecule has 0 saturated carbocycles. The van der Waals surface area contributed by atoms with E-state index in [2.05, 4.69) is 5.32 Å². The maximum absolute atomic E-state index is 12.8. The summed E-state index contributed by atoms with van der Waals surface area (Å²) in [5.74, 6) is 0.102. The Bertz CT molecular complexity index is 1010. The Kier molecular flexibility index (Phi) is 5.63. The molecule has 3 amide bonds. The van der Waals surface area contributed by atoms with Gasteiger partial charge in [0.25, 0.3) is 5.91 Å². The van der Waals surface area contributed by atoms with Gasteiger partial charge >= 0.3 is 6.03 Å². The number of nitrogens with one attached hydrogen (secondary N) is 1. The highest BCUT2D eigenvalue weighted by atomic mass is 32.2. The van der Waals surface area contributed by atoms with Crippen LogP contribution in [0.25, 0.3) is 0 Å². The largest absolute Gasteiger partial charge is 0.492 e. The molecule has 2 aromatic rings. The molecule has 0 spiro atoms. The average molecular weight is 417 g/mol. The Morgan fingerprint density at radius 2 is 1.66 bits per heavy atom. The molecule has 1 heterocycles. The third-order valence-electron chi connectivity index (χ3n) is 4.81. The number of rotatable bonds is 7. The lowest BCUT2D eigenvalue weighted by Gasteiger charge is -2.22. The monoisotopic (exact) mass is 417 g/mol. The minimum atomic E-state index is -3.51. The van der Waals surface area contributed by atoms with Crippen molar-refractivity contribution in [2.45, 2.75) is 17.4 Å². The van der Waals surface area contributed by atoms with E-state index in [1.54, 1.807) is 19.1 Å². The van der Waals surface area contributed by atoms with E-state index >= 15 is 0 Å². The topological polar surface area (TPSA) is 96.0 Å². The van der Waals surface area contributed by atoms with E-state index in [0.717, 1.165) is 9.21 Å². The first kappa shape index (κ1) is 20.8. The van der Waals surface area contributed by atoms with Crippen LogP contribution >= 0.6 is 0 Å². The molecule has 9 heteroatoms. The van der Waals surface area contributed by atoms with Crippen molar-refractivity contribution in [2.75, 3.05) is 27.2 Å². The summed E-state index contributed by atoms with van der Waals surface area (Å²) in [7, 11) is -0.590. The van der Waals surface area contributed by atoms with Crippen LogP contribution in [0.4, 0.5) is 4.79 Å². The van der Waals surface area contributed by atoms with E-state index < -0.39 is 21.6 Å². The number of hydrogen-bond acceptors (Lipinski definition) is 5. The van der Waals surface area contributed by atoms with Gasteiger partial charge in [-0.25, -0.2) is 17.5 Å². The van der Waals surface area contributed by atoms with Gasteiger partial charge in [0.05, 0.1) is 11.4 Å². The first-order chi connectivity index (χ1) is 13.7. The lowest BCUT2D eigenvalue weighted by Crippen LogP contribution is -2.41. The van der Waals surface area contributed by atoms with Crippen molar-refractivity contribution in [3.05, 3.63) is 60.2 Å². The summed E-state index contributed by atoms with van der Waals surface area (Å²) in [6.07, 6.45) is 0. The van der Waals surface area contributed by atoms with Crippen LogP contribution in [0.5, 0.6) is 5.75 Å². The van der Waals surface area contributed by atoms with E-state index in [-0.39, 0.29) is 24.0 Å². The number of imide groups is 1. The van der Waals surface area contributed by atoms with Gasteiger partial charge < -0.3 is 10.1 Å². The second kappa shape index (κ2) is 7.84. The molecule has 0 radical (unpaired) electrons. The average Bonchev–Trinajstić information content (AvgIpc) is 2.93. The highest BCUT2D eigenvalue weighted by molar-refractivity contribution is 7.89. The van der Waals surface area contributed by atoms with Crippen LogP contribution < -0.4 is 10.1 Å². The van der Waals surface area contributed by atoms with Crippen LogP contribution in [0, 0.1) is 0 Å². The number of nitrogens with zero attached hydrogens (tertiary/aromatic N) is 2. The fourth-order valence-corrected chi connectivity index (χ4v) is 3.94. The normalized spacial score (nSPS) is 19.5. The van der Waals surface area contributed by atoms with Crippen LogP contribution in [0.1, 0.15) is 12.5 Å². The van der Waals surface area contributed by atoms with Gasteiger partial charge in [-0.15, -0.1) is 0 Å². The highest BCUT2D eigenvalue weighted by Crippen LogP contribution is 2.28. The molecule has 0 aliphatic carbocycles. The summed E-state index contributed by atoms with van der Waals surface area (Å²) < 4.78 is 30.9. The lowest BCUT2D eigenvalue weighted by atomic mass is 9.92. The molecule has 1 aliphatic heterocycles. The smallest absolute Gasteiger partial charge is 0.325 e. The molecule has 1 atom stereocenters. The Balaban J connectivity index is 1.62. The van der Waals surface area contributed by atoms with Crippen molar-refractivity contribution >= 4 is 22.0 Å². The summed E-state index contributed by atoms with van der Waals surface area (Å²) in [6, 6.07) is 14.6. The molecule has 1 fully saturated rings. The maximum Gasteiger partial charge on any atom is 0.325 e. The molecule has 0 aromatic heterocycles. The number of amides is 3. The lowest BCUT2D eigenvalue weighted by molar-refractivity contribution is -0.131. The van der Waals surface area contributed by atoms with Crippen molar-refractivity contribution < 1.29 is 22.7 Å². The summed E-state index contributed by atoms with van der Waals surface area (Å²) in [6.45, 7) is 1.84. The van der Waals surface area contributed by atoms with E-state index in [9.17, 15) is 18.0 Å². The summed E-state index contributed by atoms with van der Waals surface area (Å²) in [4.78, 5) is 26.4. The van der Waals surface area contributed by atoms with Gasteiger partial charge in [-0.1, -0.05) is 30.3 Å². The first-order valence-electron chi connectivity index (χ1n) is 9.01. The molecule has 1 aliphatic rings. The number of ether oxygens (including phenoxy) is 1. The van der Waals surface area contributed by atoms with Crippen molar-refractivity contribution in [1.82, 2.24) is 14.5 Å². The molecule has 0 unspecified atom stereocenters. The van der Waals surface area contributed by atoms with E-state index in [1.807, 2.05) is 18.2 Å². The minimum absolute atomic E-state index is 0.0742. The number of sulfonamides is 1. The Morgan fingerprint density at radius 3 is 2.24 bits per heavy atom. The molecule has 154 valence electrons. The van der Waals surface area contributed by atoms with Gasteiger partial charge in [0, 0.05) is 14.1 Å². The van der Waals surface area contributed by atoms with Gasteiger partial charge in [-0.3, -0.25) is 9.69 Å². The van der Waals surface area contributed by atoms with Crippen molar-refractivity contribution in [3.8, 4) is 5.75 Å². The molecule has 1 N–H and O–H groups in total. The number of carbonyl (C=O) groups excluding carboxylic acids is 2. The van der Waals surface area contributed by atoms with Crippen LogP contribution in [-0.4, -0.2) is 56.8 Å². The van der Waals surface area contributed by atoms with Gasteiger partial charge in [0.1, 0.15) is 17.9 Å². The molecule has 3 rings (SSSR count). The molecule has 0 bridgehead atoms. The fraction of sp³-hybridized carbons (Fsp3) is 0.300. The number of urea groups is 1. The number of carbonyl (C=O) groups is 2. The molecule has 1 saturated heterocycles. The molecule has 2 aromatic carbocycles. The van der Waals surface area contributed by atoms with E-state index in [1.165, 1.54) is 38.4 Å². The van der Waals surface area contributed by atoms with Crippen molar-refractivity contribution in [3.63, 3.8) is 0 Å². The zero-order valence-corrected chi connectivity index (χ0v) is 17.3. The van der Waals surface area contributed by atoms with Gasteiger partial charge in [0.2, 0.25) is 10.0 Å². The van der Waals surface area contributed by atoms with Crippen molar-refractivity contribution in [1.29, 1.82) is 0 Å². The highest BCUT2D eigenvalue weighted by Gasteiger charge is 2.48. The van der Waals surface area contributed by atoms with Gasteiger partial charge in [0.15, 0.2) is 0 Å². The summed E-state index contributed by atoms with van der Waals surface area (Å²) in [5, 5.41) is 2.74. The molecule has 8 nitrogen and oxygen atoms in total. The predicted molar refractivity (Wildman–Crippen MR) is 107 cm³/mol. The number of benzene rings is 2. The van der Waals surface area contributed by atoms with Crippen LogP contribution in [0.15, 0.2) is 59.5 Å². The summed E-state index contributed by atoms with van der Waals surface area (Å²) in [5.41, 5.74) is -0.403. The molecular formula is C20H23N3O5S. The van der Waals surface area contributed by atoms with Crippen molar-refractivity contribution in [2.24, 2.45) is 0 Å². The summed E-state index contributed by atoms with van der Waals surface area (Å²) >= 11 is 0. The minimum Gasteiger partial charge on any atom is -0.492 e. The standard InChI is InChI=1S/C20H23N3O5S/c1-20(15-7-5-4-6-8-15)18(24)23(19(25)21-20)13-14-28-16-9-11-17(12-10-16)29(26,27)22(2)3/h4-12H,13-14H2,1-3H3,(H,21,25)/t20-/m0/s1. The quantitative estimate of drug-likeness (QED) is 0.693. The molecular weight excluding hydrogens is 394 g/mol. The van der Waals surface area contributed by atoms with Crippen LogP contribution in [0.3, 0.4) is 0 Å². The van der Waals surface area contributed by atoms with E-state index in [4.69, 9.17) is 4.74 Å². The van der Waals surface area contributed by atoms with Gasteiger partial charge in [-0.2, -0.15) is 0 Å². The maximum atomic E-state index is 12.8. The zero-order chi connectivity index (χ0) is 21.2.